The van der Waals surface area contributed by atoms with Crippen molar-refractivity contribution in [3.05, 3.63) is 53.8 Å². The predicted molar refractivity (Wildman–Crippen MR) is 76.7 cm³/mol. The smallest absolute Gasteiger partial charge is 0.162 e. The van der Waals surface area contributed by atoms with Crippen LogP contribution >= 0.6 is 0 Å². The molecule has 0 amide bonds. The number of aliphatic hydroxyl groups excluding tert-OH is 1. The van der Waals surface area contributed by atoms with Crippen LogP contribution in [0.3, 0.4) is 0 Å². The van der Waals surface area contributed by atoms with Crippen LogP contribution in [0.25, 0.3) is 6.08 Å². The van der Waals surface area contributed by atoms with Crippen molar-refractivity contribution in [1.29, 1.82) is 0 Å². The van der Waals surface area contributed by atoms with Crippen LogP contribution in [0.4, 0.5) is 0 Å². The Bertz CT molecular complexity index is 596. The van der Waals surface area contributed by atoms with E-state index in [1.54, 1.807) is 24.3 Å². The summed E-state index contributed by atoms with van der Waals surface area (Å²) < 4.78 is 5.14. The van der Waals surface area contributed by atoms with Crippen LogP contribution in [-0.2, 0) is 4.79 Å². The Morgan fingerprint density at radius 1 is 1.40 bits per heavy atom. The SMILES string of the molecule is COc1cc(O)ccc1C=CC(=O)[C@@H]1C=CC(O)=CC1. The quantitative estimate of drug-likeness (QED) is 0.827. The molecule has 0 aliphatic heterocycles. The molecule has 4 heteroatoms. The Balaban J connectivity index is 2.10. The number of aliphatic hydroxyl groups is 1. The summed E-state index contributed by atoms with van der Waals surface area (Å²) in [5.74, 6) is 0.524. The fraction of sp³-hybridized carbons (Fsp3) is 0.188. The molecule has 1 atom stereocenters. The van der Waals surface area contributed by atoms with E-state index in [0.717, 1.165) is 5.56 Å². The van der Waals surface area contributed by atoms with E-state index < -0.39 is 0 Å². The van der Waals surface area contributed by atoms with Gasteiger partial charge in [0, 0.05) is 17.5 Å². The van der Waals surface area contributed by atoms with Crippen LogP contribution in [0.15, 0.2) is 48.3 Å². The Morgan fingerprint density at radius 2 is 2.20 bits per heavy atom. The van der Waals surface area contributed by atoms with E-state index in [1.165, 1.54) is 31.4 Å². The molecule has 4 nitrogen and oxygen atoms in total. The number of methoxy groups -OCH3 is 1. The Kier molecular flexibility index (Phi) is 4.25. The molecule has 0 spiro atoms. The zero-order chi connectivity index (χ0) is 14.5. The van der Waals surface area contributed by atoms with Gasteiger partial charge in [-0.3, -0.25) is 4.79 Å². The number of ketones is 1. The van der Waals surface area contributed by atoms with Gasteiger partial charge in [0.1, 0.15) is 17.3 Å². The highest BCUT2D eigenvalue weighted by molar-refractivity contribution is 5.97. The van der Waals surface area contributed by atoms with Gasteiger partial charge < -0.3 is 14.9 Å². The molecule has 1 aliphatic rings. The van der Waals surface area contributed by atoms with Crippen LogP contribution in [0.1, 0.15) is 12.0 Å². The molecule has 0 bridgehead atoms. The van der Waals surface area contributed by atoms with E-state index in [1.807, 2.05) is 0 Å². The van der Waals surface area contributed by atoms with E-state index in [2.05, 4.69) is 0 Å². The number of carbonyl (C=O) groups excluding carboxylic acids is 1. The van der Waals surface area contributed by atoms with Gasteiger partial charge in [-0.15, -0.1) is 0 Å². The maximum Gasteiger partial charge on any atom is 0.162 e. The first-order chi connectivity index (χ1) is 9.60. The number of phenols is 1. The number of aromatic hydroxyl groups is 1. The summed E-state index contributed by atoms with van der Waals surface area (Å²) in [4.78, 5) is 12.0. The molecule has 2 rings (SSSR count). The molecule has 0 radical (unpaired) electrons. The van der Waals surface area contributed by atoms with E-state index >= 15 is 0 Å². The third kappa shape index (κ3) is 3.29. The molecule has 104 valence electrons. The molecule has 0 saturated heterocycles. The Morgan fingerprint density at radius 3 is 2.85 bits per heavy atom. The van der Waals surface area contributed by atoms with Crippen molar-refractivity contribution >= 4 is 11.9 Å². The predicted octanol–water partition coefficient (Wildman–Crippen LogP) is 3.00. The molecule has 1 aliphatic carbocycles. The van der Waals surface area contributed by atoms with Gasteiger partial charge in [-0.25, -0.2) is 0 Å². The van der Waals surface area contributed by atoms with E-state index in [9.17, 15) is 15.0 Å². The second-order valence-corrected chi connectivity index (χ2v) is 4.49. The van der Waals surface area contributed by atoms with Crippen LogP contribution in [0.5, 0.6) is 11.5 Å². The van der Waals surface area contributed by atoms with Crippen molar-refractivity contribution in [2.45, 2.75) is 6.42 Å². The minimum atomic E-state index is -0.245. The van der Waals surface area contributed by atoms with Crippen LogP contribution in [0, 0.1) is 5.92 Å². The van der Waals surface area contributed by atoms with Crippen molar-refractivity contribution < 1.29 is 19.7 Å². The lowest BCUT2D eigenvalue weighted by Crippen LogP contribution is -2.10. The van der Waals surface area contributed by atoms with Crippen LogP contribution < -0.4 is 4.74 Å². The molecular formula is C16H16O4. The average molecular weight is 272 g/mol. The van der Waals surface area contributed by atoms with Gasteiger partial charge in [-0.05, 0) is 42.9 Å². The summed E-state index contributed by atoms with van der Waals surface area (Å²) >= 11 is 0. The van der Waals surface area contributed by atoms with Crippen molar-refractivity contribution in [3.63, 3.8) is 0 Å². The highest BCUT2D eigenvalue weighted by atomic mass is 16.5. The molecule has 20 heavy (non-hydrogen) atoms. The Labute approximate surface area is 117 Å². The first kappa shape index (κ1) is 13.9. The fourth-order valence-corrected chi connectivity index (χ4v) is 1.95. The normalized spacial score (nSPS) is 18.1. The number of benzene rings is 1. The number of phenolic OH excluding ortho intramolecular Hbond substituents is 1. The maximum atomic E-state index is 12.0. The maximum absolute atomic E-state index is 12.0. The number of allylic oxidation sites excluding steroid dienone is 4. The second-order valence-electron chi connectivity index (χ2n) is 4.49. The van der Waals surface area contributed by atoms with E-state index in [0.29, 0.717) is 12.2 Å². The van der Waals surface area contributed by atoms with Gasteiger partial charge in [0.25, 0.3) is 0 Å². The monoisotopic (exact) mass is 272 g/mol. The van der Waals surface area contributed by atoms with Gasteiger partial charge in [-0.2, -0.15) is 0 Å². The minimum Gasteiger partial charge on any atom is -0.508 e. The molecule has 0 heterocycles. The van der Waals surface area contributed by atoms with Gasteiger partial charge in [0.2, 0.25) is 0 Å². The third-order valence-electron chi connectivity index (χ3n) is 3.09. The lowest BCUT2D eigenvalue weighted by Gasteiger charge is -2.10. The number of carbonyl (C=O) groups is 1. The number of rotatable bonds is 4. The minimum absolute atomic E-state index is 0.0415. The third-order valence-corrected chi connectivity index (χ3v) is 3.09. The number of hydrogen-bond donors (Lipinski definition) is 2. The van der Waals surface area contributed by atoms with Crippen molar-refractivity contribution in [3.8, 4) is 11.5 Å². The molecular weight excluding hydrogens is 256 g/mol. The molecule has 1 aromatic rings. The highest BCUT2D eigenvalue weighted by Gasteiger charge is 2.14. The van der Waals surface area contributed by atoms with Crippen LogP contribution in [0.2, 0.25) is 0 Å². The van der Waals surface area contributed by atoms with E-state index in [-0.39, 0.29) is 23.2 Å². The summed E-state index contributed by atoms with van der Waals surface area (Å²) in [6.07, 6.45) is 8.49. The molecule has 0 aromatic heterocycles. The summed E-state index contributed by atoms with van der Waals surface area (Å²) in [6.45, 7) is 0. The first-order valence-electron chi connectivity index (χ1n) is 6.26. The molecule has 2 N–H and O–H groups in total. The zero-order valence-corrected chi connectivity index (χ0v) is 11.1. The summed E-state index contributed by atoms with van der Waals surface area (Å²) in [7, 11) is 1.51. The fourth-order valence-electron chi connectivity index (χ4n) is 1.95. The van der Waals surface area contributed by atoms with Gasteiger partial charge in [-0.1, -0.05) is 6.08 Å². The molecule has 0 unspecified atom stereocenters. The van der Waals surface area contributed by atoms with Gasteiger partial charge >= 0.3 is 0 Å². The van der Waals surface area contributed by atoms with Crippen molar-refractivity contribution in [1.82, 2.24) is 0 Å². The topological polar surface area (TPSA) is 66.8 Å². The second kappa shape index (κ2) is 6.10. The molecule has 1 aromatic carbocycles. The summed E-state index contributed by atoms with van der Waals surface area (Å²) in [5, 5.41) is 18.6. The number of hydrogen-bond acceptors (Lipinski definition) is 4. The van der Waals surface area contributed by atoms with Crippen molar-refractivity contribution in [2.24, 2.45) is 5.92 Å². The lowest BCUT2D eigenvalue weighted by molar-refractivity contribution is -0.116. The van der Waals surface area contributed by atoms with Gasteiger partial charge in [0.15, 0.2) is 5.78 Å². The van der Waals surface area contributed by atoms with Crippen molar-refractivity contribution in [2.75, 3.05) is 7.11 Å². The standard InChI is InChI=1S/C16H16O4/c1-20-16-10-14(18)8-4-12(16)5-9-15(19)11-2-6-13(17)7-3-11/h2,4-11,17-18H,3H2,1H3/t11-/m1/s1. The largest absolute Gasteiger partial charge is 0.508 e. The average Bonchev–Trinajstić information content (AvgIpc) is 2.46. The first-order valence-corrected chi connectivity index (χ1v) is 6.26. The lowest BCUT2D eigenvalue weighted by atomic mass is 9.95. The summed E-state index contributed by atoms with van der Waals surface area (Å²) in [6, 6.07) is 4.71. The van der Waals surface area contributed by atoms with E-state index in [4.69, 9.17) is 4.74 Å². The highest BCUT2D eigenvalue weighted by Crippen LogP contribution is 2.25. The van der Waals surface area contributed by atoms with Crippen LogP contribution in [-0.4, -0.2) is 23.1 Å². The van der Waals surface area contributed by atoms with Gasteiger partial charge in [0.05, 0.1) is 7.11 Å². The summed E-state index contributed by atoms with van der Waals surface area (Å²) in [5.41, 5.74) is 0.719. The Hall–Kier alpha value is -2.49. The molecule has 0 fully saturated rings. The number of ether oxygens (including phenoxy) is 1. The zero-order valence-electron chi connectivity index (χ0n) is 11.1. The molecule has 0 saturated carbocycles.